The number of carbonyl (C=O) groups excluding carboxylic acids is 1. The lowest BCUT2D eigenvalue weighted by Gasteiger charge is -2.20. The predicted molar refractivity (Wildman–Crippen MR) is 199 cm³/mol. The highest BCUT2D eigenvalue weighted by atomic mass is 31.2. The van der Waals surface area contributed by atoms with Crippen molar-refractivity contribution in [2.75, 3.05) is 26.4 Å². The van der Waals surface area contributed by atoms with Crippen molar-refractivity contribution in [3.63, 3.8) is 0 Å². The molecule has 3 atom stereocenters. The summed E-state index contributed by atoms with van der Waals surface area (Å²) in [7, 11) is -4.60. The molecule has 0 aromatic heterocycles. The van der Waals surface area contributed by atoms with E-state index < -0.39 is 45.1 Å². The number of allylic oxidation sites excluding steroid dienone is 2. The maximum absolute atomic E-state index is 12.5. The smallest absolute Gasteiger partial charge is 0.472 e. The Kier molecular flexibility index (Phi) is 34.2. The monoisotopic (exact) mass is 720 g/mol. The average molecular weight is 720 g/mol. The second kappa shape index (κ2) is 35.1. The molecule has 290 valence electrons. The van der Waals surface area contributed by atoms with Crippen LogP contribution in [0.15, 0.2) is 12.2 Å². The molecule has 0 aliphatic rings. The van der Waals surface area contributed by atoms with Gasteiger partial charge >= 0.3 is 19.8 Å². The van der Waals surface area contributed by atoms with Crippen molar-refractivity contribution < 1.29 is 42.7 Å². The molecule has 0 radical (unpaired) electrons. The van der Waals surface area contributed by atoms with Crippen molar-refractivity contribution in [1.82, 2.24) is 0 Å². The molecule has 0 bridgehead atoms. The van der Waals surface area contributed by atoms with Gasteiger partial charge in [-0.25, -0.2) is 4.57 Å². The van der Waals surface area contributed by atoms with Gasteiger partial charge in [-0.3, -0.25) is 18.6 Å². The maximum Gasteiger partial charge on any atom is 0.472 e. The number of rotatable bonds is 38. The quantitative estimate of drug-likeness (QED) is 0.0243. The number of nitrogens with two attached hydrogens (primary N) is 1. The van der Waals surface area contributed by atoms with Gasteiger partial charge in [0.05, 0.1) is 19.8 Å². The van der Waals surface area contributed by atoms with Crippen molar-refractivity contribution >= 4 is 19.8 Å². The summed E-state index contributed by atoms with van der Waals surface area (Å²) in [6, 6.07) is -1.47. The van der Waals surface area contributed by atoms with E-state index in [0.29, 0.717) is 13.0 Å². The van der Waals surface area contributed by atoms with Crippen LogP contribution in [0, 0.1) is 0 Å². The molecule has 0 saturated carbocycles. The van der Waals surface area contributed by atoms with Crippen molar-refractivity contribution in [3.8, 4) is 0 Å². The predicted octanol–water partition coefficient (Wildman–Crippen LogP) is 10.2. The van der Waals surface area contributed by atoms with Gasteiger partial charge in [-0.05, 0) is 38.5 Å². The molecule has 11 heteroatoms. The minimum Gasteiger partial charge on any atom is -0.480 e. The Morgan fingerprint density at radius 1 is 0.633 bits per heavy atom. The SMILES string of the molecule is CCCCCCCC/C=C\CCCCCCCCOCC(COP(=O)(O)OCC(N)C(=O)O)OC(=O)CCCCCCCCCCCCC. The molecule has 0 aromatic rings. The Morgan fingerprint density at radius 3 is 1.55 bits per heavy atom. The summed E-state index contributed by atoms with van der Waals surface area (Å²) in [6.07, 6.45) is 34.0. The number of carbonyl (C=O) groups is 2. The van der Waals surface area contributed by atoms with E-state index in [1.807, 2.05) is 0 Å². The van der Waals surface area contributed by atoms with Crippen LogP contribution in [0.3, 0.4) is 0 Å². The molecule has 0 aliphatic carbocycles. The number of phosphoric ester groups is 1. The van der Waals surface area contributed by atoms with E-state index in [1.54, 1.807) is 0 Å². The Bertz CT molecular complexity index is 842. The molecule has 4 N–H and O–H groups in total. The highest BCUT2D eigenvalue weighted by molar-refractivity contribution is 7.47. The van der Waals surface area contributed by atoms with Crippen LogP contribution in [0.4, 0.5) is 0 Å². The molecule has 0 heterocycles. The van der Waals surface area contributed by atoms with E-state index in [9.17, 15) is 19.0 Å². The van der Waals surface area contributed by atoms with E-state index in [4.69, 9.17) is 29.4 Å². The lowest BCUT2D eigenvalue weighted by Crippen LogP contribution is -2.34. The first-order valence-corrected chi connectivity index (χ1v) is 21.2. The van der Waals surface area contributed by atoms with E-state index in [2.05, 4.69) is 26.0 Å². The fourth-order valence-electron chi connectivity index (χ4n) is 5.42. The van der Waals surface area contributed by atoms with E-state index in [0.717, 1.165) is 38.5 Å². The second-order valence-corrected chi connectivity index (χ2v) is 14.9. The van der Waals surface area contributed by atoms with Crippen LogP contribution < -0.4 is 5.73 Å². The largest absolute Gasteiger partial charge is 0.480 e. The molecule has 0 saturated heterocycles. The van der Waals surface area contributed by atoms with Crippen molar-refractivity contribution in [2.45, 2.75) is 193 Å². The minimum absolute atomic E-state index is 0.0176. The topological polar surface area (TPSA) is 155 Å². The number of ether oxygens (including phenoxy) is 2. The number of hydrogen-bond donors (Lipinski definition) is 3. The summed E-state index contributed by atoms with van der Waals surface area (Å²) in [4.78, 5) is 33.4. The Hall–Kier alpha value is -1.29. The molecular formula is C38H74NO9P. The first-order valence-electron chi connectivity index (χ1n) is 19.7. The van der Waals surface area contributed by atoms with E-state index in [1.165, 1.54) is 116 Å². The molecule has 0 amide bonds. The average Bonchev–Trinajstić information content (AvgIpc) is 3.07. The molecule has 0 aliphatic heterocycles. The maximum atomic E-state index is 12.5. The fraction of sp³-hybridized carbons (Fsp3) is 0.895. The third-order valence-corrected chi connectivity index (χ3v) is 9.50. The molecule has 0 aromatic carbocycles. The van der Waals surface area contributed by atoms with Gasteiger partial charge in [0, 0.05) is 13.0 Å². The third kappa shape index (κ3) is 34.9. The summed E-state index contributed by atoms with van der Waals surface area (Å²) in [5.74, 6) is -1.78. The van der Waals surface area contributed by atoms with Gasteiger partial charge in [0.1, 0.15) is 12.1 Å². The van der Waals surface area contributed by atoms with Gasteiger partial charge in [-0.1, -0.05) is 148 Å². The van der Waals surface area contributed by atoms with Crippen LogP contribution in [-0.4, -0.2) is 60.5 Å². The van der Waals surface area contributed by atoms with Crippen LogP contribution in [-0.2, 0) is 32.7 Å². The zero-order valence-corrected chi connectivity index (χ0v) is 32.2. The lowest BCUT2D eigenvalue weighted by molar-refractivity contribution is -0.154. The fourth-order valence-corrected chi connectivity index (χ4v) is 6.20. The molecule has 0 rings (SSSR count). The Morgan fingerprint density at radius 2 is 1.06 bits per heavy atom. The van der Waals surface area contributed by atoms with E-state index >= 15 is 0 Å². The van der Waals surface area contributed by atoms with Crippen LogP contribution in [0.2, 0.25) is 0 Å². The number of hydrogen-bond acceptors (Lipinski definition) is 8. The zero-order valence-electron chi connectivity index (χ0n) is 31.3. The number of phosphoric acid groups is 1. The summed E-state index contributed by atoms with van der Waals surface area (Å²) in [6.45, 7) is 3.86. The van der Waals surface area contributed by atoms with Crippen LogP contribution in [0.25, 0.3) is 0 Å². The highest BCUT2D eigenvalue weighted by Crippen LogP contribution is 2.43. The first-order chi connectivity index (χ1) is 23.7. The Balaban J connectivity index is 4.26. The van der Waals surface area contributed by atoms with Crippen LogP contribution in [0.5, 0.6) is 0 Å². The summed E-state index contributed by atoms with van der Waals surface area (Å²) >= 11 is 0. The Labute approximate surface area is 299 Å². The lowest BCUT2D eigenvalue weighted by atomic mass is 10.1. The molecular weight excluding hydrogens is 645 g/mol. The number of carboxylic acids is 1. The zero-order chi connectivity index (χ0) is 36.3. The van der Waals surface area contributed by atoms with Crippen molar-refractivity contribution in [1.29, 1.82) is 0 Å². The number of carboxylic acid groups (broad SMARTS) is 1. The summed E-state index contributed by atoms with van der Waals surface area (Å²) < 4.78 is 33.2. The van der Waals surface area contributed by atoms with Gasteiger partial charge in [0.2, 0.25) is 0 Å². The normalized spacial score (nSPS) is 14.2. The van der Waals surface area contributed by atoms with Crippen molar-refractivity contribution in [2.24, 2.45) is 5.73 Å². The molecule has 10 nitrogen and oxygen atoms in total. The van der Waals surface area contributed by atoms with Crippen molar-refractivity contribution in [3.05, 3.63) is 12.2 Å². The minimum atomic E-state index is -4.60. The molecule has 0 fully saturated rings. The number of unbranched alkanes of at least 4 members (excludes halogenated alkanes) is 22. The first kappa shape index (κ1) is 47.7. The number of esters is 1. The van der Waals surface area contributed by atoms with Crippen LogP contribution >= 0.6 is 7.82 Å². The second-order valence-electron chi connectivity index (χ2n) is 13.4. The summed E-state index contributed by atoms with van der Waals surface area (Å²) in [5.41, 5.74) is 5.34. The molecule has 3 unspecified atom stereocenters. The standard InChI is InChI=1S/C38H74NO9P/c1-3-5-7-9-11-13-15-16-17-18-19-21-23-25-27-29-31-45-32-35(33-46-49(43,44)47-34-36(39)38(41)42)48-37(40)30-28-26-24-22-20-14-12-10-8-6-4-2/h16-17,35-36H,3-15,18-34,39H2,1-2H3,(H,41,42)(H,43,44)/b17-16-. The molecule has 49 heavy (non-hydrogen) atoms. The van der Waals surface area contributed by atoms with E-state index in [-0.39, 0.29) is 13.0 Å². The van der Waals surface area contributed by atoms with Gasteiger partial charge in [-0.2, -0.15) is 0 Å². The van der Waals surface area contributed by atoms with Gasteiger partial charge in [0.25, 0.3) is 0 Å². The van der Waals surface area contributed by atoms with Crippen LogP contribution in [0.1, 0.15) is 181 Å². The third-order valence-electron chi connectivity index (χ3n) is 8.54. The molecule has 0 spiro atoms. The van der Waals surface area contributed by atoms with Gasteiger partial charge in [-0.15, -0.1) is 0 Å². The van der Waals surface area contributed by atoms with Gasteiger partial charge in [0.15, 0.2) is 0 Å². The summed E-state index contributed by atoms with van der Waals surface area (Å²) in [5, 5.41) is 8.86. The highest BCUT2D eigenvalue weighted by Gasteiger charge is 2.27. The number of aliphatic carboxylic acids is 1. The van der Waals surface area contributed by atoms with Gasteiger partial charge < -0.3 is 25.2 Å².